The monoisotopic (exact) mass is 288 g/mol. The van der Waals surface area contributed by atoms with E-state index in [2.05, 4.69) is 69.9 Å². The van der Waals surface area contributed by atoms with Gasteiger partial charge in [0.1, 0.15) is 0 Å². The van der Waals surface area contributed by atoms with Crippen molar-refractivity contribution in [2.24, 2.45) is 0 Å². The van der Waals surface area contributed by atoms with Crippen LogP contribution in [-0.4, -0.2) is 0 Å². The van der Waals surface area contributed by atoms with Crippen molar-refractivity contribution in [2.45, 2.75) is 4.90 Å². The van der Waals surface area contributed by atoms with Crippen LogP contribution in [0.15, 0.2) is 57.2 Å². The molecular formula is C14H9BrS. The van der Waals surface area contributed by atoms with Crippen molar-refractivity contribution in [3.63, 3.8) is 0 Å². The van der Waals surface area contributed by atoms with Gasteiger partial charge in [0.25, 0.3) is 0 Å². The van der Waals surface area contributed by atoms with E-state index in [0.717, 1.165) is 4.47 Å². The van der Waals surface area contributed by atoms with E-state index in [1.54, 1.807) is 11.8 Å². The van der Waals surface area contributed by atoms with Crippen LogP contribution in [0.5, 0.6) is 0 Å². The van der Waals surface area contributed by atoms with Crippen LogP contribution >= 0.6 is 27.7 Å². The number of hydrogen-bond acceptors (Lipinski definition) is 1. The van der Waals surface area contributed by atoms with Gasteiger partial charge in [0, 0.05) is 9.37 Å². The summed E-state index contributed by atoms with van der Waals surface area (Å²) in [7, 11) is 0. The fourth-order valence-electron chi connectivity index (χ4n) is 1.88. The quantitative estimate of drug-likeness (QED) is 0.643. The van der Waals surface area contributed by atoms with Crippen LogP contribution < -0.4 is 0 Å². The molecule has 16 heavy (non-hydrogen) atoms. The molecule has 78 valence electrons. The highest BCUT2D eigenvalue weighted by atomic mass is 79.9. The first-order chi connectivity index (χ1) is 7.84. The molecule has 0 spiro atoms. The number of fused-ring (bicyclic) bond motifs is 3. The summed E-state index contributed by atoms with van der Waals surface area (Å²) in [6, 6.07) is 14.9. The molecule has 0 amide bonds. The molecule has 2 aromatic carbocycles. The lowest BCUT2D eigenvalue weighted by Gasteiger charge is -2.08. The Morgan fingerprint density at radius 1 is 0.938 bits per heavy atom. The average Bonchev–Trinajstić information content (AvgIpc) is 2.48. The zero-order valence-corrected chi connectivity index (χ0v) is 10.9. The van der Waals surface area contributed by atoms with Crippen LogP contribution in [0.25, 0.3) is 17.2 Å². The zero-order valence-electron chi connectivity index (χ0n) is 8.48. The summed E-state index contributed by atoms with van der Waals surface area (Å²) in [5.41, 5.74) is 3.90. The maximum atomic E-state index is 3.54. The predicted octanol–water partition coefficient (Wildman–Crippen LogP) is 5.19. The second-order valence-electron chi connectivity index (χ2n) is 3.65. The molecular weight excluding hydrogens is 280 g/mol. The van der Waals surface area contributed by atoms with Crippen LogP contribution in [0, 0.1) is 0 Å². The van der Waals surface area contributed by atoms with Gasteiger partial charge in [-0.05, 0) is 46.4 Å². The number of thioether (sulfide) groups is 1. The summed E-state index contributed by atoms with van der Waals surface area (Å²) in [5.74, 6) is 0. The van der Waals surface area contributed by atoms with Gasteiger partial charge < -0.3 is 0 Å². The van der Waals surface area contributed by atoms with Crippen LogP contribution in [-0.2, 0) is 0 Å². The summed E-state index contributed by atoms with van der Waals surface area (Å²) in [5, 5.41) is 2.15. The Morgan fingerprint density at radius 2 is 1.81 bits per heavy atom. The number of hydrogen-bond donors (Lipinski definition) is 0. The molecule has 2 aromatic rings. The van der Waals surface area contributed by atoms with Crippen molar-refractivity contribution >= 4 is 33.8 Å². The van der Waals surface area contributed by atoms with Crippen molar-refractivity contribution < 1.29 is 0 Å². The highest BCUT2D eigenvalue weighted by Gasteiger charge is 2.11. The lowest BCUT2D eigenvalue weighted by atomic mass is 10.00. The molecule has 0 saturated carbocycles. The molecule has 1 aliphatic heterocycles. The van der Waals surface area contributed by atoms with Gasteiger partial charge in [0.15, 0.2) is 0 Å². The normalized spacial score (nSPS) is 12.8. The van der Waals surface area contributed by atoms with E-state index in [9.17, 15) is 0 Å². The molecule has 1 heterocycles. The standard InChI is InChI=1S/C14H9BrS/c15-11-5-6-14-13(9-11)12-4-2-1-3-10(12)7-8-16-14/h1-9H. The fourth-order valence-corrected chi connectivity index (χ4v) is 3.05. The average molecular weight is 289 g/mol. The molecule has 1 aliphatic rings. The fraction of sp³-hybridized carbons (Fsp3) is 0. The molecule has 0 radical (unpaired) electrons. The highest BCUT2D eigenvalue weighted by Crippen LogP contribution is 2.39. The Hall–Kier alpha value is -0.990. The summed E-state index contributed by atoms with van der Waals surface area (Å²) in [4.78, 5) is 1.31. The maximum absolute atomic E-state index is 3.54. The van der Waals surface area contributed by atoms with Crippen LogP contribution in [0.1, 0.15) is 5.56 Å². The summed E-state index contributed by atoms with van der Waals surface area (Å²) < 4.78 is 1.13. The molecule has 0 aliphatic carbocycles. The van der Waals surface area contributed by atoms with E-state index in [1.807, 2.05) is 0 Å². The number of halogens is 1. The van der Waals surface area contributed by atoms with Gasteiger partial charge in [-0.3, -0.25) is 0 Å². The van der Waals surface area contributed by atoms with Crippen LogP contribution in [0.2, 0.25) is 0 Å². The zero-order chi connectivity index (χ0) is 11.0. The second kappa shape index (κ2) is 4.11. The van der Waals surface area contributed by atoms with Gasteiger partial charge in [0.05, 0.1) is 0 Å². The Balaban J connectivity index is 2.32. The summed E-state index contributed by atoms with van der Waals surface area (Å²) >= 11 is 5.31. The van der Waals surface area contributed by atoms with E-state index in [1.165, 1.54) is 21.6 Å². The van der Waals surface area contributed by atoms with E-state index < -0.39 is 0 Å². The molecule has 0 fully saturated rings. The first-order valence-corrected chi connectivity index (χ1v) is 6.74. The van der Waals surface area contributed by atoms with E-state index in [4.69, 9.17) is 0 Å². The minimum Gasteiger partial charge on any atom is -0.0974 e. The van der Waals surface area contributed by atoms with Crippen LogP contribution in [0.3, 0.4) is 0 Å². The smallest absolute Gasteiger partial charge is 0.0195 e. The first-order valence-electron chi connectivity index (χ1n) is 5.07. The molecule has 0 N–H and O–H groups in total. The van der Waals surface area contributed by atoms with Gasteiger partial charge >= 0.3 is 0 Å². The molecule has 0 nitrogen and oxygen atoms in total. The minimum atomic E-state index is 1.13. The van der Waals surface area contributed by atoms with Gasteiger partial charge in [-0.15, -0.1) is 0 Å². The molecule has 0 atom stereocenters. The first kappa shape index (κ1) is 10.2. The van der Waals surface area contributed by atoms with Crippen molar-refractivity contribution in [1.29, 1.82) is 0 Å². The lowest BCUT2D eigenvalue weighted by Crippen LogP contribution is -1.83. The maximum Gasteiger partial charge on any atom is 0.0195 e. The Labute approximate surface area is 108 Å². The van der Waals surface area contributed by atoms with E-state index in [0.29, 0.717) is 0 Å². The van der Waals surface area contributed by atoms with Crippen LogP contribution in [0.4, 0.5) is 0 Å². The van der Waals surface area contributed by atoms with E-state index >= 15 is 0 Å². The van der Waals surface area contributed by atoms with Crippen molar-refractivity contribution in [3.8, 4) is 11.1 Å². The topological polar surface area (TPSA) is 0 Å². The molecule has 0 bridgehead atoms. The van der Waals surface area contributed by atoms with Gasteiger partial charge in [0.2, 0.25) is 0 Å². The second-order valence-corrected chi connectivity index (χ2v) is 5.51. The molecule has 0 saturated heterocycles. The van der Waals surface area contributed by atoms with Crippen molar-refractivity contribution in [2.75, 3.05) is 0 Å². The third-order valence-electron chi connectivity index (χ3n) is 2.64. The largest absolute Gasteiger partial charge is 0.0974 e. The van der Waals surface area contributed by atoms with E-state index in [-0.39, 0.29) is 0 Å². The molecule has 2 heteroatoms. The van der Waals surface area contributed by atoms with Gasteiger partial charge in [-0.2, -0.15) is 0 Å². The summed E-state index contributed by atoms with van der Waals surface area (Å²) in [6.45, 7) is 0. The third kappa shape index (κ3) is 1.72. The third-order valence-corrected chi connectivity index (χ3v) is 4.01. The van der Waals surface area contributed by atoms with Gasteiger partial charge in [-0.1, -0.05) is 52.0 Å². The Bertz CT molecular complexity index is 573. The Morgan fingerprint density at radius 3 is 2.75 bits per heavy atom. The highest BCUT2D eigenvalue weighted by molar-refractivity contribution is 9.10. The predicted molar refractivity (Wildman–Crippen MR) is 74.5 cm³/mol. The summed E-state index contributed by atoms with van der Waals surface area (Å²) in [6.07, 6.45) is 2.17. The number of benzene rings is 2. The molecule has 3 rings (SSSR count). The molecule has 0 aromatic heterocycles. The molecule has 0 unspecified atom stereocenters. The lowest BCUT2D eigenvalue weighted by molar-refractivity contribution is 1.43. The number of rotatable bonds is 0. The Kier molecular flexibility index (Phi) is 2.62. The minimum absolute atomic E-state index is 1.13. The van der Waals surface area contributed by atoms with Crippen molar-refractivity contribution in [3.05, 3.63) is 57.9 Å². The SMILES string of the molecule is Brc1ccc2c(c1)-c1ccccc1C=CS2. The van der Waals surface area contributed by atoms with Crippen molar-refractivity contribution in [1.82, 2.24) is 0 Å². The van der Waals surface area contributed by atoms with Gasteiger partial charge in [-0.25, -0.2) is 0 Å².